The van der Waals surface area contributed by atoms with Gasteiger partial charge in [-0.2, -0.15) is 4.31 Å². The van der Waals surface area contributed by atoms with Crippen molar-refractivity contribution in [3.05, 3.63) is 87.4 Å². The second-order valence-electron chi connectivity index (χ2n) is 7.21. The zero-order chi connectivity index (χ0) is 23.5. The zero-order valence-electron chi connectivity index (χ0n) is 17.7. The number of rotatable bonds is 7. The summed E-state index contributed by atoms with van der Waals surface area (Å²) in [6.07, 6.45) is 0. The molecule has 9 heteroatoms. The first-order valence-electron chi connectivity index (χ1n) is 9.57. The Bertz CT molecular complexity index is 1230. The van der Waals surface area contributed by atoms with Gasteiger partial charge in [-0.25, -0.2) is 8.42 Å². The maximum absolute atomic E-state index is 13.0. The molecular weight excluding hydrogens is 471 g/mol. The fourth-order valence-corrected chi connectivity index (χ4v) is 4.76. The fourth-order valence-electron chi connectivity index (χ4n) is 3.09. The van der Waals surface area contributed by atoms with Crippen molar-refractivity contribution in [3.8, 4) is 5.75 Å². The van der Waals surface area contributed by atoms with Crippen LogP contribution in [-0.2, 0) is 16.6 Å². The number of sulfonamides is 1. The molecular formula is C23H22Cl2N2O4S. The zero-order valence-corrected chi connectivity index (χ0v) is 20.1. The van der Waals surface area contributed by atoms with Gasteiger partial charge in [0.05, 0.1) is 12.0 Å². The van der Waals surface area contributed by atoms with Crippen LogP contribution in [0, 0.1) is 6.92 Å². The van der Waals surface area contributed by atoms with E-state index in [-0.39, 0.29) is 11.4 Å². The van der Waals surface area contributed by atoms with Gasteiger partial charge in [-0.3, -0.25) is 4.79 Å². The Hall–Kier alpha value is -2.58. The predicted molar refractivity (Wildman–Crippen MR) is 127 cm³/mol. The summed E-state index contributed by atoms with van der Waals surface area (Å²) in [4.78, 5) is 12.9. The van der Waals surface area contributed by atoms with Gasteiger partial charge in [-0.1, -0.05) is 40.9 Å². The molecule has 0 spiro atoms. The van der Waals surface area contributed by atoms with Crippen molar-refractivity contribution in [2.24, 2.45) is 0 Å². The molecule has 3 aromatic carbocycles. The third-order valence-electron chi connectivity index (χ3n) is 4.79. The van der Waals surface area contributed by atoms with E-state index in [0.29, 0.717) is 32.6 Å². The summed E-state index contributed by atoms with van der Waals surface area (Å²) in [5.41, 5.74) is 2.29. The third-order valence-corrected chi connectivity index (χ3v) is 7.04. The summed E-state index contributed by atoms with van der Waals surface area (Å²) < 4.78 is 32.5. The summed E-state index contributed by atoms with van der Waals surface area (Å²) in [6.45, 7) is 1.91. The highest BCUT2D eigenvalue weighted by molar-refractivity contribution is 7.89. The van der Waals surface area contributed by atoms with Crippen LogP contribution in [0.3, 0.4) is 0 Å². The van der Waals surface area contributed by atoms with E-state index in [1.165, 1.54) is 18.5 Å². The van der Waals surface area contributed by atoms with Gasteiger partial charge >= 0.3 is 0 Å². The second-order valence-corrected chi connectivity index (χ2v) is 10.1. The Morgan fingerprint density at radius 2 is 1.62 bits per heavy atom. The topological polar surface area (TPSA) is 75.7 Å². The van der Waals surface area contributed by atoms with E-state index in [1.807, 2.05) is 6.92 Å². The monoisotopic (exact) mass is 492 g/mol. The van der Waals surface area contributed by atoms with Crippen molar-refractivity contribution in [2.45, 2.75) is 18.4 Å². The number of nitrogens with zero attached hydrogens (tertiary/aromatic N) is 1. The van der Waals surface area contributed by atoms with E-state index < -0.39 is 15.9 Å². The minimum absolute atomic E-state index is 0.0174. The van der Waals surface area contributed by atoms with Gasteiger partial charge in [0.25, 0.3) is 5.91 Å². The Morgan fingerprint density at radius 3 is 2.22 bits per heavy atom. The van der Waals surface area contributed by atoms with Crippen LogP contribution >= 0.6 is 23.2 Å². The molecule has 0 aliphatic rings. The summed E-state index contributed by atoms with van der Waals surface area (Å²) >= 11 is 12.0. The van der Waals surface area contributed by atoms with Gasteiger partial charge in [0.15, 0.2) is 0 Å². The van der Waals surface area contributed by atoms with Crippen LogP contribution in [0.15, 0.2) is 65.6 Å². The number of carbonyl (C=O) groups excluding carboxylic acids is 1. The van der Waals surface area contributed by atoms with Crippen molar-refractivity contribution < 1.29 is 17.9 Å². The van der Waals surface area contributed by atoms with Crippen LogP contribution in [0.2, 0.25) is 10.0 Å². The normalized spacial score (nSPS) is 11.4. The Kier molecular flexibility index (Phi) is 7.46. The molecule has 0 aromatic heterocycles. The molecule has 0 saturated carbocycles. The maximum atomic E-state index is 13.0. The Labute approximate surface area is 197 Å². The van der Waals surface area contributed by atoms with Crippen molar-refractivity contribution in [3.63, 3.8) is 0 Å². The van der Waals surface area contributed by atoms with E-state index in [9.17, 15) is 13.2 Å². The number of anilines is 1. The highest BCUT2D eigenvalue weighted by Crippen LogP contribution is 2.26. The Balaban J connectivity index is 1.85. The van der Waals surface area contributed by atoms with Crippen LogP contribution in [0.5, 0.6) is 5.75 Å². The number of amides is 1. The number of hydrogen-bond donors (Lipinski definition) is 1. The van der Waals surface area contributed by atoms with Gasteiger partial charge in [-0.15, -0.1) is 0 Å². The quantitative estimate of drug-likeness (QED) is 0.479. The molecule has 0 aliphatic carbocycles. The lowest BCUT2D eigenvalue weighted by atomic mass is 10.1. The average molecular weight is 493 g/mol. The summed E-state index contributed by atoms with van der Waals surface area (Å²) in [5.74, 6) is 0.0783. The fraction of sp³-hybridized carbons (Fsp3) is 0.174. The van der Waals surface area contributed by atoms with E-state index in [1.54, 1.807) is 60.7 Å². The molecule has 1 N–H and O–H groups in total. The van der Waals surface area contributed by atoms with E-state index in [4.69, 9.17) is 27.9 Å². The van der Waals surface area contributed by atoms with Crippen LogP contribution in [0.4, 0.5) is 5.69 Å². The number of halogens is 2. The van der Waals surface area contributed by atoms with Crippen molar-refractivity contribution in [2.75, 3.05) is 19.5 Å². The van der Waals surface area contributed by atoms with Gasteiger partial charge in [0.2, 0.25) is 10.0 Å². The Morgan fingerprint density at radius 1 is 1.00 bits per heavy atom. The third kappa shape index (κ3) is 5.61. The largest absolute Gasteiger partial charge is 0.496 e. The molecule has 0 atom stereocenters. The number of methoxy groups -OCH3 is 1. The van der Waals surface area contributed by atoms with E-state index in [2.05, 4.69) is 5.32 Å². The SMILES string of the molecule is COc1ccc(C(=O)Nc2cc(Cl)cc(Cl)c2)cc1CN(C)S(=O)(=O)c1ccc(C)cc1. The molecule has 0 fully saturated rings. The second kappa shape index (κ2) is 9.92. The van der Waals surface area contributed by atoms with Gasteiger partial charge in [0.1, 0.15) is 5.75 Å². The van der Waals surface area contributed by atoms with E-state index >= 15 is 0 Å². The van der Waals surface area contributed by atoms with Crippen LogP contribution in [-0.4, -0.2) is 32.8 Å². The predicted octanol–water partition coefficient (Wildman–Crippen LogP) is 5.38. The number of carbonyl (C=O) groups is 1. The van der Waals surface area contributed by atoms with Crippen LogP contribution < -0.4 is 10.1 Å². The first kappa shape index (κ1) is 24.1. The molecule has 0 unspecified atom stereocenters. The van der Waals surface area contributed by atoms with Crippen molar-refractivity contribution in [1.29, 1.82) is 0 Å². The summed E-state index contributed by atoms with van der Waals surface area (Å²) in [5, 5.41) is 3.53. The number of benzene rings is 3. The molecule has 168 valence electrons. The highest BCUT2D eigenvalue weighted by atomic mass is 35.5. The van der Waals surface area contributed by atoms with Gasteiger partial charge < -0.3 is 10.1 Å². The molecule has 0 aliphatic heterocycles. The number of hydrogen-bond acceptors (Lipinski definition) is 4. The smallest absolute Gasteiger partial charge is 0.255 e. The van der Waals surface area contributed by atoms with Crippen molar-refractivity contribution >= 4 is 44.8 Å². The van der Waals surface area contributed by atoms with Gasteiger partial charge in [-0.05, 0) is 55.5 Å². The molecule has 0 bridgehead atoms. The van der Waals surface area contributed by atoms with E-state index in [0.717, 1.165) is 5.56 Å². The lowest BCUT2D eigenvalue weighted by Gasteiger charge is -2.19. The molecule has 3 rings (SSSR count). The molecule has 0 heterocycles. The first-order valence-corrected chi connectivity index (χ1v) is 11.8. The van der Waals surface area contributed by atoms with Gasteiger partial charge in [0, 0.05) is 40.5 Å². The maximum Gasteiger partial charge on any atom is 0.255 e. The minimum Gasteiger partial charge on any atom is -0.496 e. The standard InChI is InChI=1S/C23H22Cl2N2O4S/c1-15-4-7-21(8-5-15)32(29,30)27(2)14-17-10-16(6-9-22(17)31-3)23(28)26-20-12-18(24)11-19(25)13-20/h4-13H,14H2,1-3H3,(H,26,28). The van der Waals surface area contributed by atoms with Crippen molar-refractivity contribution in [1.82, 2.24) is 4.31 Å². The highest BCUT2D eigenvalue weighted by Gasteiger charge is 2.22. The molecule has 0 radical (unpaired) electrons. The lowest BCUT2D eigenvalue weighted by molar-refractivity contribution is 0.102. The first-order chi connectivity index (χ1) is 15.1. The number of aryl methyl sites for hydroxylation is 1. The molecule has 3 aromatic rings. The number of nitrogens with one attached hydrogen (secondary N) is 1. The summed E-state index contributed by atoms with van der Waals surface area (Å²) in [6, 6.07) is 16.2. The molecule has 1 amide bonds. The lowest BCUT2D eigenvalue weighted by Crippen LogP contribution is -2.27. The van der Waals surface area contributed by atoms with Crippen LogP contribution in [0.1, 0.15) is 21.5 Å². The average Bonchev–Trinajstić information content (AvgIpc) is 2.73. The molecule has 32 heavy (non-hydrogen) atoms. The number of ether oxygens (including phenoxy) is 1. The molecule has 6 nitrogen and oxygen atoms in total. The minimum atomic E-state index is -3.72. The van der Waals surface area contributed by atoms with Crippen LogP contribution in [0.25, 0.3) is 0 Å². The molecule has 0 saturated heterocycles. The summed E-state index contributed by atoms with van der Waals surface area (Å²) in [7, 11) is -0.754.